The normalized spacial score (nSPS) is 22.0. The Hall–Kier alpha value is -1.09. The summed E-state index contributed by atoms with van der Waals surface area (Å²) >= 11 is 0. The molecule has 1 aliphatic heterocycles. The van der Waals surface area contributed by atoms with Gasteiger partial charge in [0.1, 0.15) is 0 Å². The molecule has 98 valence electrons. The first-order valence-electron chi connectivity index (χ1n) is 6.65. The predicted octanol–water partition coefficient (Wildman–Crippen LogP) is 4.47. The van der Waals surface area contributed by atoms with Gasteiger partial charge in [0.15, 0.2) is 0 Å². The molecule has 18 heavy (non-hydrogen) atoms. The second-order valence-corrected chi connectivity index (χ2v) is 7.11. The van der Waals surface area contributed by atoms with Crippen molar-refractivity contribution in [3.8, 4) is 0 Å². The molecule has 0 bridgehead atoms. The van der Waals surface area contributed by atoms with Gasteiger partial charge in [-0.1, -0.05) is 44.4 Å². The van der Waals surface area contributed by atoms with E-state index in [4.69, 9.17) is 0 Å². The number of allylic oxidation sites excluding steroid dienone is 1. The average Bonchev–Trinajstić information content (AvgIpc) is 2.34. The highest BCUT2D eigenvalue weighted by atomic mass is 32.2. The van der Waals surface area contributed by atoms with Crippen molar-refractivity contribution in [3.63, 3.8) is 0 Å². The van der Waals surface area contributed by atoms with Crippen molar-refractivity contribution in [2.45, 2.75) is 43.9 Å². The minimum absolute atomic E-state index is 0.877. The molecule has 0 N–H and O–H groups in total. The third-order valence-electron chi connectivity index (χ3n) is 3.23. The van der Waals surface area contributed by atoms with Crippen molar-refractivity contribution >= 4 is 15.8 Å². The van der Waals surface area contributed by atoms with E-state index < -0.39 is 9.73 Å². The Balaban J connectivity index is 2.18. The van der Waals surface area contributed by atoms with Gasteiger partial charge in [-0.15, -0.1) is 0 Å². The van der Waals surface area contributed by atoms with Gasteiger partial charge in [-0.3, -0.25) is 0 Å². The summed E-state index contributed by atoms with van der Waals surface area (Å²) in [5, 5.41) is 0. The molecular weight excluding hydrogens is 242 g/mol. The lowest BCUT2D eigenvalue weighted by Crippen LogP contribution is -2.05. The summed E-state index contributed by atoms with van der Waals surface area (Å²) in [7, 11) is -2.23. The van der Waals surface area contributed by atoms with E-state index in [1.807, 2.05) is 24.3 Å². The molecular formula is C15H21NOS. The molecule has 0 radical (unpaired) electrons. The fourth-order valence-electron chi connectivity index (χ4n) is 2.27. The maximum absolute atomic E-state index is 12.5. The maximum Gasteiger partial charge on any atom is 0.0774 e. The number of hydrogen-bond acceptors (Lipinski definition) is 2. The molecule has 1 atom stereocenters. The van der Waals surface area contributed by atoms with E-state index in [2.05, 4.69) is 17.4 Å². The van der Waals surface area contributed by atoms with Crippen LogP contribution in [0, 0.1) is 0 Å². The highest BCUT2D eigenvalue weighted by Crippen LogP contribution is 2.28. The quantitative estimate of drug-likeness (QED) is 0.721. The molecule has 1 unspecified atom stereocenters. The van der Waals surface area contributed by atoms with E-state index in [-0.39, 0.29) is 0 Å². The van der Waals surface area contributed by atoms with Gasteiger partial charge < -0.3 is 0 Å². The van der Waals surface area contributed by atoms with Crippen molar-refractivity contribution in [1.82, 2.24) is 0 Å². The van der Waals surface area contributed by atoms with Crippen LogP contribution < -0.4 is 0 Å². The van der Waals surface area contributed by atoms with Crippen LogP contribution in [0.5, 0.6) is 0 Å². The van der Waals surface area contributed by atoms with E-state index in [0.717, 1.165) is 29.0 Å². The topological polar surface area (TPSA) is 29.4 Å². The molecule has 0 amide bonds. The van der Waals surface area contributed by atoms with Gasteiger partial charge in [0.05, 0.1) is 20.3 Å². The number of unbranched alkanes of at least 4 members (excludes halogenated alkanes) is 3. The molecule has 2 rings (SSSR count). The molecule has 0 saturated carbocycles. The van der Waals surface area contributed by atoms with E-state index in [1.165, 1.54) is 19.3 Å². The van der Waals surface area contributed by atoms with Crippen LogP contribution in [-0.2, 0) is 9.73 Å². The second kappa shape index (κ2) is 5.70. The predicted molar refractivity (Wildman–Crippen MR) is 77.9 cm³/mol. The highest BCUT2D eigenvalue weighted by molar-refractivity contribution is 7.93. The van der Waals surface area contributed by atoms with Crippen LogP contribution in [-0.4, -0.2) is 10.5 Å². The first kappa shape index (κ1) is 13.3. The number of benzene rings is 1. The monoisotopic (exact) mass is 263 g/mol. The van der Waals surface area contributed by atoms with E-state index in [9.17, 15) is 4.21 Å². The minimum Gasteiger partial charge on any atom is -0.245 e. The van der Waals surface area contributed by atoms with E-state index in [0.29, 0.717) is 0 Å². The lowest BCUT2D eigenvalue weighted by atomic mass is 10.1. The Morgan fingerprint density at radius 1 is 1.17 bits per heavy atom. The third-order valence-corrected chi connectivity index (χ3v) is 5.00. The van der Waals surface area contributed by atoms with Crippen LogP contribution in [0.2, 0.25) is 0 Å². The fourth-order valence-corrected chi connectivity index (χ4v) is 3.86. The summed E-state index contributed by atoms with van der Waals surface area (Å²) in [5.74, 6) is 0. The number of rotatable bonds is 5. The van der Waals surface area contributed by atoms with Crippen molar-refractivity contribution in [1.29, 1.82) is 0 Å². The summed E-state index contributed by atoms with van der Waals surface area (Å²) in [6.07, 6.45) is 9.66. The molecule has 0 fully saturated rings. The summed E-state index contributed by atoms with van der Waals surface area (Å²) in [6, 6.07) is 7.87. The van der Waals surface area contributed by atoms with Crippen LogP contribution >= 0.6 is 0 Å². The Kier molecular flexibility index (Phi) is 4.23. The zero-order valence-corrected chi connectivity index (χ0v) is 12.0. The number of nitrogens with zero attached hydrogens (tertiary/aromatic N) is 1. The van der Waals surface area contributed by atoms with Gasteiger partial charge in [0.2, 0.25) is 0 Å². The Labute approximate surface area is 110 Å². The molecule has 1 heterocycles. The highest BCUT2D eigenvalue weighted by Gasteiger charge is 2.16. The van der Waals surface area contributed by atoms with Crippen LogP contribution in [0.3, 0.4) is 0 Å². The number of hydrogen-bond donors (Lipinski definition) is 0. The second-order valence-electron chi connectivity index (χ2n) is 4.88. The molecule has 0 aromatic heterocycles. The molecule has 0 saturated heterocycles. The van der Waals surface area contributed by atoms with Crippen LogP contribution in [0.4, 0.5) is 0 Å². The molecule has 0 aliphatic carbocycles. The fraction of sp³-hybridized carbons (Fsp3) is 0.467. The van der Waals surface area contributed by atoms with Gasteiger partial charge in [-0.2, -0.15) is 4.36 Å². The van der Waals surface area contributed by atoms with Crippen molar-refractivity contribution < 1.29 is 4.21 Å². The SMILES string of the molecule is CCCCCCC1=Cc2ccccc2S(C)(=O)=N1. The number of fused-ring (bicyclic) bond motifs is 1. The van der Waals surface area contributed by atoms with Gasteiger partial charge in [0.25, 0.3) is 0 Å². The largest absolute Gasteiger partial charge is 0.245 e. The third kappa shape index (κ3) is 3.02. The lowest BCUT2D eigenvalue weighted by Gasteiger charge is -2.15. The molecule has 2 nitrogen and oxygen atoms in total. The zero-order chi connectivity index (χ0) is 13.0. The summed E-state index contributed by atoms with van der Waals surface area (Å²) < 4.78 is 17.0. The summed E-state index contributed by atoms with van der Waals surface area (Å²) in [6.45, 7) is 2.21. The first-order valence-corrected chi connectivity index (χ1v) is 8.57. The van der Waals surface area contributed by atoms with Crippen molar-refractivity contribution in [2.24, 2.45) is 4.36 Å². The maximum atomic E-state index is 12.5. The zero-order valence-electron chi connectivity index (χ0n) is 11.2. The van der Waals surface area contributed by atoms with Gasteiger partial charge in [0, 0.05) is 6.26 Å². The van der Waals surface area contributed by atoms with Crippen molar-refractivity contribution in [3.05, 3.63) is 35.5 Å². The average molecular weight is 263 g/mol. The molecule has 1 aliphatic rings. The van der Waals surface area contributed by atoms with Gasteiger partial charge in [-0.05, 0) is 30.5 Å². The first-order chi connectivity index (χ1) is 8.63. The summed E-state index contributed by atoms with van der Waals surface area (Å²) in [4.78, 5) is 0.877. The molecule has 3 heteroatoms. The minimum atomic E-state index is -2.23. The van der Waals surface area contributed by atoms with Gasteiger partial charge in [-0.25, -0.2) is 4.21 Å². The van der Waals surface area contributed by atoms with Crippen LogP contribution in [0.15, 0.2) is 39.2 Å². The Bertz CT molecular complexity index is 566. The standard InChI is InChI=1S/C15H21NOS/c1-3-4-5-6-10-14-12-13-9-7-8-11-15(13)18(2,17)16-14/h7-9,11-12H,3-6,10H2,1-2H3. The molecule has 0 spiro atoms. The van der Waals surface area contributed by atoms with Crippen molar-refractivity contribution in [2.75, 3.05) is 6.26 Å². The van der Waals surface area contributed by atoms with Gasteiger partial charge >= 0.3 is 0 Å². The summed E-state index contributed by atoms with van der Waals surface area (Å²) in [5.41, 5.74) is 2.07. The van der Waals surface area contributed by atoms with Crippen LogP contribution in [0.1, 0.15) is 44.6 Å². The lowest BCUT2D eigenvalue weighted by molar-refractivity contribution is 0.659. The Morgan fingerprint density at radius 2 is 1.94 bits per heavy atom. The van der Waals surface area contributed by atoms with Crippen LogP contribution in [0.25, 0.3) is 6.08 Å². The van der Waals surface area contributed by atoms with E-state index >= 15 is 0 Å². The van der Waals surface area contributed by atoms with E-state index in [1.54, 1.807) is 6.26 Å². The smallest absolute Gasteiger partial charge is 0.0774 e. The molecule has 1 aromatic rings. The molecule has 1 aromatic carbocycles. The Morgan fingerprint density at radius 3 is 2.72 bits per heavy atom.